The van der Waals surface area contributed by atoms with E-state index in [4.69, 9.17) is 5.11 Å². The zero-order valence-electron chi connectivity index (χ0n) is 12.0. The van der Waals surface area contributed by atoms with Crippen LogP contribution in [-0.2, 0) is 9.59 Å². The number of phenolic OH excluding ortho intramolecular Hbond substituents is 1. The van der Waals surface area contributed by atoms with E-state index in [-0.39, 0.29) is 11.7 Å². The highest BCUT2D eigenvalue weighted by atomic mass is 16.4. The maximum absolute atomic E-state index is 12.2. The van der Waals surface area contributed by atoms with Gasteiger partial charge in [0.25, 0.3) is 0 Å². The van der Waals surface area contributed by atoms with Gasteiger partial charge < -0.3 is 15.5 Å². The van der Waals surface area contributed by atoms with E-state index in [1.165, 1.54) is 0 Å². The largest absolute Gasteiger partial charge is 0.508 e. The number of carboxylic acids is 1. The fourth-order valence-corrected chi connectivity index (χ4v) is 2.73. The first-order valence-corrected chi connectivity index (χ1v) is 6.50. The molecule has 1 aliphatic carbocycles. The van der Waals surface area contributed by atoms with Gasteiger partial charge in [-0.3, -0.25) is 9.59 Å². The Balaban J connectivity index is 2.18. The first kappa shape index (κ1) is 14.4. The van der Waals surface area contributed by atoms with Crippen LogP contribution in [0.4, 0.5) is 5.69 Å². The van der Waals surface area contributed by atoms with Crippen molar-refractivity contribution >= 4 is 17.6 Å². The maximum Gasteiger partial charge on any atom is 0.307 e. The molecular formula is C15H19NO4. The van der Waals surface area contributed by atoms with Gasteiger partial charge in [-0.25, -0.2) is 0 Å². The molecule has 1 aliphatic rings. The number of carbonyl (C=O) groups is 2. The Bertz CT molecular complexity index is 592. The Morgan fingerprint density at radius 3 is 2.25 bits per heavy atom. The first-order chi connectivity index (χ1) is 9.16. The molecule has 0 aromatic heterocycles. The van der Waals surface area contributed by atoms with Crippen LogP contribution >= 0.6 is 0 Å². The van der Waals surface area contributed by atoms with Crippen LogP contribution in [0.3, 0.4) is 0 Å². The summed E-state index contributed by atoms with van der Waals surface area (Å²) in [5, 5.41) is 21.5. The number of hydrogen-bond donors (Lipinski definition) is 3. The maximum atomic E-state index is 12.2. The van der Waals surface area contributed by atoms with Crippen LogP contribution in [0.1, 0.15) is 25.0 Å². The Hall–Kier alpha value is -2.04. The van der Waals surface area contributed by atoms with Gasteiger partial charge in [0.05, 0.1) is 11.8 Å². The van der Waals surface area contributed by atoms with Crippen molar-refractivity contribution in [2.45, 2.75) is 27.7 Å². The lowest BCUT2D eigenvalue weighted by atomic mass is 10.1. The molecule has 1 saturated carbocycles. The van der Waals surface area contributed by atoms with Gasteiger partial charge in [0.2, 0.25) is 5.91 Å². The molecule has 0 radical (unpaired) electrons. The number of anilines is 1. The van der Waals surface area contributed by atoms with Crippen molar-refractivity contribution in [3.05, 3.63) is 23.3 Å². The summed E-state index contributed by atoms with van der Waals surface area (Å²) in [5.41, 5.74) is 1.50. The van der Waals surface area contributed by atoms with Gasteiger partial charge >= 0.3 is 5.97 Å². The monoisotopic (exact) mass is 277 g/mol. The summed E-state index contributed by atoms with van der Waals surface area (Å²) in [5.74, 6) is -2.20. The Labute approximate surface area is 117 Å². The molecule has 0 aliphatic heterocycles. The number of amides is 1. The SMILES string of the molecule is Cc1cc(NC(=O)C2C(C(=O)O)C2(C)C)c(C)cc1O. The van der Waals surface area contributed by atoms with Gasteiger partial charge in [0, 0.05) is 5.69 Å². The van der Waals surface area contributed by atoms with Crippen LogP contribution in [0.25, 0.3) is 0 Å². The van der Waals surface area contributed by atoms with Crippen molar-refractivity contribution in [1.29, 1.82) is 0 Å². The first-order valence-electron chi connectivity index (χ1n) is 6.50. The molecule has 5 nitrogen and oxygen atoms in total. The lowest BCUT2D eigenvalue weighted by Crippen LogP contribution is -2.18. The van der Waals surface area contributed by atoms with Gasteiger partial charge in [0.15, 0.2) is 0 Å². The highest BCUT2D eigenvalue weighted by molar-refractivity contribution is 6.00. The van der Waals surface area contributed by atoms with Crippen LogP contribution in [0, 0.1) is 31.1 Å². The predicted octanol–water partition coefficient (Wildman–Crippen LogP) is 2.30. The third kappa shape index (κ3) is 2.24. The molecule has 2 unspecified atom stereocenters. The van der Waals surface area contributed by atoms with Gasteiger partial charge in [-0.15, -0.1) is 0 Å². The van der Waals surface area contributed by atoms with E-state index in [1.54, 1.807) is 39.8 Å². The lowest BCUT2D eigenvalue weighted by Gasteiger charge is -2.11. The quantitative estimate of drug-likeness (QED) is 0.740. The molecule has 5 heteroatoms. The topological polar surface area (TPSA) is 86.6 Å². The number of carbonyl (C=O) groups excluding carboxylic acids is 1. The summed E-state index contributed by atoms with van der Waals surface area (Å²) >= 11 is 0. The molecule has 1 fully saturated rings. The molecule has 1 aromatic carbocycles. The average Bonchev–Trinajstić information content (AvgIpc) is 2.89. The number of benzene rings is 1. The molecule has 0 saturated heterocycles. The third-order valence-corrected chi connectivity index (χ3v) is 4.18. The number of aliphatic carboxylic acids is 1. The smallest absolute Gasteiger partial charge is 0.307 e. The number of aromatic hydroxyl groups is 1. The highest BCUT2D eigenvalue weighted by Gasteiger charge is 2.65. The zero-order valence-corrected chi connectivity index (χ0v) is 12.0. The fraction of sp³-hybridized carbons (Fsp3) is 0.467. The van der Waals surface area contributed by atoms with Gasteiger partial charge in [-0.1, -0.05) is 13.8 Å². The number of phenols is 1. The number of nitrogens with one attached hydrogen (secondary N) is 1. The standard InChI is InChI=1S/C15H19NO4/c1-7-6-10(17)8(2)5-9(7)16-13(18)11-12(14(19)20)15(11,3)4/h5-6,11-12,17H,1-4H3,(H,16,18)(H,19,20). The normalized spacial score (nSPS) is 23.2. The molecule has 0 spiro atoms. The molecule has 2 rings (SSSR count). The minimum atomic E-state index is -0.936. The third-order valence-electron chi connectivity index (χ3n) is 4.18. The molecule has 1 amide bonds. The number of hydrogen-bond acceptors (Lipinski definition) is 3. The minimum absolute atomic E-state index is 0.177. The molecule has 0 bridgehead atoms. The number of aryl methyl sites for hydroxylation is 2. The fourth-order valence-electron chi connectivity index (χ4n) is 2.73. The van der Waals surface area contributed by atoms with Crippen LogP contribution in [0.15, 0.2) is 12.1 Å². The van der Waals surface area contributed by atoms with Crippen LogP contribution in [0.2, 0.25) is 0 Å². The molecular weight excluding hydrogens is 258 g/mol. The van der Waals surface area contributed by atoms with E-state index in [0.29, 0.717) is 11.3 Å². The average molecular weight is 277 g/mol. The van der Waals surface area contributed by atoms with E-state index < -0.39 is 23.2 Å². The molecule has 1 aromatic rings. The van der Waals surface area contributed by atoms with Crippen LogP contribution in [0.5, 0.6) is 5.75 Å². The lowest BCUT2D eigenvalue weighted by molar-refractivity contribution is -0.140. The number of carboxylic acid groups (broad SMARTS) is 1. The van der Waals surface area contributed by atoms with Crippen molar-refractivity contribution < 1.29 is 19.8 Å². The van der Waals surface area contributed by atoms with E-state index in [1.807, 2.05) is 0 Å². The highest BCUT2D eigenvalue weighted by Crippen LogP contribution is 2.58. The van der Waals surface area contributed by atoms with E-state index in [9.17, 15) is 14.7 Å². The van der Waals surface area contributed by atoms with Crippen LogP contribution in [-0.4, -0.2) is 22.1 Å². The molecule has 0 heterocycles. The summed E-state index contributed by atoms with van der Waals surface area (Å²) in [6.45, 7) is 7.09. The number of rotatable bonds is 3. The second-order valence-electron chi connectivity index (χ2n) is 6.06. The Kier molecular flexibility index (Phi) is 3.24. The second kappa shape index (κ2) is 4.51. The Morgan fingerprint density at radius 2 is 1.75 bits per heavy atom. The minimum Gasteiger partial charge on any atom is -0.508 e. The van der Waals surface area contributed by atoms with Crippen LogP contribution < -0.4 is 5.32 Å². The van der Waals surface area contributed by atoms with Gasteiger partial charge in [-0.2, -0.15) is 0 Å². The van der Waals surface area contributed by atoms with Crippen molar-refractivity contribution in [3.8, 4) is 5.75 Å². The van der Waals surface area contributed by atoms with Crippen molar-refractivity contribution in [2.75, 3.05) is 5.32 Å². The molecule has 3 N–H and O–H groups in total. The Morgan fingerprint density at radius 1 is 1.15 bits per heavy atom. The summed E-state index contributed by atoms with van der Waals surface area (Å²) in [4.78, 5) is 23.3. The predicted molar refractivity (Wildman–Crippen MR) is 74.6 cm³/mol. The summed E-state index contributed by atoms with van der Waals surface area (Å²) < 4.78 is 0. The van der Waals surface area contributed by atoms with E-state index in [0.717, 1.165) is 5.56 Å². The summed E-state index contributed by atoms with van der Waals surface area (Å²) in [6, 6.07) is 3.27. The second-order valence-corrected chi connectivity index (χ2v) is 6.06. The summed E-state index contributed by atoms with van der Waals surface area (Å²) in [6.07, 6.45) is 0. The van der Waals surface area contributed by atoms with Crippen molar-refractivity contribution in [2.24, 2.45) is 17.3 Å². The van der Waals surface area contributed by atoms with Gasteiger partial charge in [-0.05, 0) is 42.5 Å². The molecule has 2 atom stereocenters. The van der Waals surface area contributed by atoms with E-state index in [2.05, 4.69) is 5.32 Å². The van der Waals surface area contributed by atoms with E-state index >= 15 is 0 Å². The van der Waals surface area contributed by atoms with Gasteiger partial charge in [0.1, 0.15) is 5.75 Å². The van der Waals surface area contributed by atoms with Crippen molar-refractivity contribution in [3.63, 3.8) is 0 Å². The molecule has 20 heavy (non-hydrogen) atoms. The zero-order chi connectivity index (χ0) is 15.2. The molecule has 108 valence electrons. The summed E-state index contributed by atoms with van der Waals surface area (Å²) in [7, 11) is 0. The van der Waals surface area contributed by atoms with Crippen molar-refractivity contribution in [1.82, 2.24) is 0 Å².